The number of hydrogen-bond acceptors (Lipinski definition) is 4. The zero-order chi connectivity index (χ0) is 14.5. The molecule has 19 heavy (non-hydrogen) atoms. The van der Waals surface area contributed by atoms with Gasteiger partial charge in [-0.2, -0.15) is 0 Å². The van der Waals surface area contributed by atoms with E-state index in [9.17, 15) is 5.11 Å². The summed E-state index contributed by atoms with van der Waals surface area (Å²) in [5.41, 5.74) is 1.79. The van der Waals surface area contributed by atoms with Crippen molar-refractivity contribution in [3.63, 3.8) is 0 Å². The maximum atomic E-state index is 9.39. The van der Waals surface area contributed by atoms with Crippen LogP contribution in [0.25, 0.3) is 0 Å². The van der Waals surface area contributed by atoms with E-state index in [2.05, 4.69) is 30.2 Å². The van der Waals surface area contributed by atoms with Gasteiger partial charge in [0.05, 0.1) is 29.7 Å². The molecule has 0 spiro atoms. The molecule has 0 aromatic carbocycles. The molecule has 0 aliphatic heterocycles. The second-order valence-corrected chi connectivity index (χ2v) is 5.65. The van der Waals surface area contributed by atoms with Gasteiger partial charge in [-0.25, -0.2) is 0 Å². The minimum atomic E-state index is -0.282. The van der Waals surface area contributed by atoms with Crippen LogP contribution < -0.4 is 10.2 Å². The van der Waals surface area contributed by atoms with Gasteiger partial charge in [0.2, 0.25) is 0 Å². The van der Waals surface area contributed by atoms with E-state index in [0.29, 0.717) is 0 Å². The summed E-state index contributed by atoms with van der Waals surface area (Å²) < 4.78 is 0. The molecule has 108 valence electrons. The number of nitrogens with one attached hydrogen (secondary N) is 1. The fourth-order valence-corrected chi connectivity index (χ4v) is 1.77. The molecule has 0 fully saturated rings. The number of likely N-dealkylation sites (N-methyl/N-ethyl adjacent to an activating group) is 1. The summed E-state index contributed by atoms with van der Waals surface area (Å²) in [6, 6.07) is 4.38. The van der Waals surface area contributed by atoms with Crippen LogP contribution in [-0.2, 0) is 0 Å². The number of rotatable bonds is 7. The lowest BCUT2D eigenvalue weighted by Crippen LogP contribution is -2.44. The number of hydrogen-bond donors (Lipinski definition) is 2. The predicted molar refractivity (Wildman–Crippen MR) is 80.5 cm³/mol. The first-order chi connectivity index (χ1) is 8.92. The number of aliphatic hydroxyl groups is 1. The van der Waals surface area contributed by atoms with E-state index in [1.54, 1.807) is 0 Å². The van der Waals surface area contributed by atoms with Gasteiger partial charge in [0.15, 0.2) is 0 Å². The second kappa shape index (κ2) is 6.87. The van der Waals surface area contributed by atoms with E-state index in [0.717, 1.165) is 24.3 Å². The van der Waals surface area contributed by atoms with Crippen LogP contribution in [0, 0.1) is 0 Å². The molecule has 0 saturated heterocycles. The lowest BCUT2D eigenvalue weighted by Gasteiger charge is -2.35. The van der Waals surface area contributed by atoms with Gasteiger partial charge < -0.3 is 15.3 Å². The average molecular weight is 265 g/mol. The molecular weight excluding hydrogens is 238 g/mol. The summed E-state index contributed by atoms with van der Waals surface area (Å²) in [7, 11) is 1.98. The molecule has 1 aromatic rings. The topological polar surface area (TPSA) is 48.4 Å². The Morgan fingerprint density at radius 2 is 2.11 bits per heavy atom. The van der Waals surface area contributed by atoms with Crippen molar-refractivity contribution in [1.82, 2.24) is 10.3 Å². The Morgan fingerprint density at radius 3 is 2.58 bits per heavy atom. The fourth-order valence-electron chi connectivity index (χ4n) is 1.77. The summed E-state index contributed by atoms with van der Waals surface area (Å²) in [6.45, 7) is 9.40. The highest BCUT2D eigenvalue weighted by molar-refractivity contribution is 5.46. The van der Waals surface area contributed by atoms with Crippen LogP contribution in [0.15, 0.2) is 18.3 Å². The van der Waals surface area contributed by atoms with Gasteiger partial charge in [0.1, 0.15) is 0 Å². The normalized spacial score (nSPS) is 13.4. The van der Waals surface area contributed by atoms with Crippen molar-refractivity contribution >= 4 is 5.69 Å². The molecule has 1 heterocycles. The van der Waals surface area contributed by atoms with E-state index in [4.69, 9.17) is 0 Å². The van der Waals surface area contributed by atoms with Crippen molar-refractivity contribution < 1.29 is 5.11 Å². The summed E-state index contributed by atoms with van der Waals surface area (Å²) in [5, 5.41) is 12.8. The number of pyridine rings is 1. The van der Waals surface area contributed by atoms with Gasteiger partial charge in [-0.15, -0.1) is 0 Å². The Kier molecular flexibility index (Phi) is 5.76. The van der Waals surface area contributed by atoms with Crippen LogP contribution in [0.2, 0.25) is 0 Å². The monoisotopic (exact) mass is 265 g/mol. The van der Waals surface area contributed by atoms with Gasteiger partial charge in [-0.3, -0.25) is 4.98 Å². The molecule has 1 rings (SSSR count). The van der Waals surface area contributed by atoms with Crippen molar-refractivity contribution in [2.45, 2.75) is 45.7 Å². The number of anilines is 1. The van der Waals surface area contributed by atoms with E-state index < -0.39 is 0 Å². The molecule has 1 aromatic heterocycles. The first-order valence-electron chi connectivity index (χ1n) is 6.96. The zero-order valence-electron chi connectivity index (χ0n) is 12.8. The molecule has 0 amide bonds. The highest BCUT2D eigenvalue weighted by atomic mass is 16.3. The third-order valence-corrected chi connectivity index (χ3v) is 3.60. The zero-order valence-corrected chi connectivity index (χ0v) is 12.8. The SMILES string of the molecule is CCCNC(C)c1ccc(N(C)C(C)(C)CO)cn1. The Hall–Kier alpha value is -1.13. The molecule has 4 nitrogen and oxygen atoms in total. The quantitative estimate of drug-likeness (QED) is 0.794. The lowest BCUT2D eigenvalue weighted by atomic mass is 10.0. The highest BCUT2D eigenvalue weighted by Gasteiger charge is 2.23. The van der Waals surface area contributed by atoms with E-state index >= 15 is 0 Å². The summed E-state index contributed by atoms with van der Waals surface area (Å²) in [5.74, 6) is 0. The van der Waals surface area contributed by atoms with Crippen LogP contribution in [0.4, 0.5) is 5.69 Å². The van der Waals surface area contributed by atoms with Crippen LogP contribution in [0.1, 0.15) is 45.9 Å². The van der Waals surface area contributed by atoms with Gasteiger partial charge in [-0.05, 0) is 45.9 Å². The molecule has 0 aliphatic rings. The Balaban J connectivity index is 2.76. The van der Waals surface area contributed by atoms with Crippen molar-refractivity contribution in [2.24, 2.45) is 0 Å². The van der Waals surface area contributed by atoms with Crippen LogP contribution in [-0.4, -0.2) is 35.8 Å². The third kappa shape index (κ3) is 4.18. The average Bonchev–Trinajstić information content (AvgIpc) is 2.44. The smallest absolute Gasteiger partial charge is 0.0658 e. The van der Waals surface area contributed by atoms with Crippen molar-refractivity contribution in [2.75, 3.05) is 25.1 Å². The van der Waals surface area contributed by atoms with Crippen LogP contribution in [0.5, 0.6) is 0 Å². The van der Waals surface area contributed by atoms with Gasteiger partial charge in [0.25, 0.3) is 0 Å². The maximum absolute atomic E-state index is 9.39. The van der Waals surface area contributed by atoms with Crippen LogP contribution >= 0.6 is 0 Å². The number of aliphatic hydroxyl groups excluding tert-OH is 1. The number of nitrogens with zero attached hydrogens (tertiary/aromatic N) is 2. The molecular formula is C15H27N3O. The standard InChI is InChI=1S/C15H27N3O/c1-6-9-16-12(2)14-8-7-13(10-17-14)18(5)15(3,4)11-19/h7-8,10,12,16,19H,6,9,11H2,1-5H3. The van der Waals surface area contributed by atoms with Crippen LogP contribution in [0.3, 0.4) is 0 Å². The molecule has 0 aliphatic carbocycles. The predicted octanol–water partition coefficient (Wildman–Crippen LogP) is 2.35. The van der Waals surface area contributed by atoms with Crippen molar-refractivity contribution in [3.8, 4) is 0 Å². The second-order valence-electron chi connectivity index (χ2n) is 5.65. The highest BCUT2D eigenvalue weighted by Crippen LogP contribution is 2.22. The van der Waals surface area contributed by atoms with E-state index in [1.165, 1.54) is 0 Å². The minimum Gasteiger partial charge on any atom is -0.394 e. The Labute approximate surface area is 116 Å². The largest absolute Gasteiger partial charge is 0.394 e. The molecule has 0 radical (unpaired) electrons. The molecule has 1 unspecified atom stereocenters. The summed E-state index contributed by atoms with van der Waals surface area (Å²) in [4.78, 5) is 6.56. The third-order valence-electron chi connectivity index (χ3n) is 3.60. The molecule has 4 heteroatoms. The number of aromatic nitrogens is 1. The molecule has 2 N–H and O–H groups in total. The molecule has 1 atom stereocenters. The van der Waals surface area contributed by atoms with Gasteiger partial charge in [0, 0.05) is 13.1 Å². The van der Waals surface area contributed by atoms with Gasteiger partial charge in [-0.1, -0.05) is 6.92 Å². The summed E-state index contributed by atoms with van der Waals surface area (Å²) >= 11 is 0. The first kappa shape index (κ1) is 15.9. The summed E-state index contributed by atoms with van der Waals surface area (Å²) in [6.07, 6.45) is 2.99. The molecule has 0 bridgehead atoms. The minimum absolute atomic E-state index is 0.111. The Morgan fingerprint density at radius 1 is 1.42 bits per heavy atom. The van der Waals surface area contributed by atoms with Crippen molar-refractivity contribution in [3.05, 3.63) is 24.0 Å². The van der Waals surface area contributed by atoms with E-state index in [1.807, 2.05) is 38.1 Å². The Bertz CT molecular complexity index is 375. The maximum Gasteiger partial charge on any atom is 0.0658 e. The van der Waals surface area contributed by atoms with Crippen molar-refractivity contribution in [1.29, 1.82) is 0 Å². The lowest BCUT2D eigenvalue weighted by molar-refractivity contribution is 0.216. The van der Waals surface area contributed by atoms with E-state index in [-0.39, 0.29) is 18.2 Å². The fraction of sp³-hybridized carbons (Fsp3) is 0.667. The first-order valence-corrected chi connectivity index (χ1v) is 6.96. The van der Waals surface area contributed by atoms with Gasteiger partial charge >= 0.3 is 0 Å². The molecule has 0 saturated carbocycles.